The van der Waals surface area contributed by atoms with Crippen molar-refractivity contribution in [2.45, 2.75) is 39.5 Å². The lowest BCUT2D eigenvalue weighted by Gasteiger charge is -2.13. The molecule has 19 heavy (non-hydrogen) atoms. The Hall–Kier alpha value is -0.650. The van der Waals surface area contributed by atoms with Crippen LogP contribution in [0.25, 0.3) is 0 Å². The summed E-state index contributed by atoms with van der Waals surface area (Å²) in [5.41, 5.74) is 5.28. The van der Waals surface area contributed by atoms with Crippen LogP contribution in [0.1, 0.15) is 39.5 Å². The second-order valence-corrected chi connectivity index (χ2v) is 4.43. The number of ether oxygens (including phenoxy) is 3. The molecule has 0 saturated heterocycles. The average molecular weight is 275 g/mol. The van der Waals surface area contributed by atoms with Gasteiger partial charge in [0.1, 0.15) is 6.61 Å². The molecule has 1 atom stereocenters. The first kappa shape index (κ1) is 18.4. The first-order valence-corrected chi connectivity index (χ1v) is 7.28. The van der Waals surface area contributed by atoms with Crippen LogP contribution in [-0.2, 0) is 19.0 Å². The highest BCUT2D eigenvalue weighted by Gasteiger charge is 2.16. The van der Waals surface area contributed by atoms with Crippen molar-refractivity contribution in [3.8, 4) is 0 Å². The molecule has 2 N–H and O–H groups in total. The molecule has 0 rings (SSSR count). The molecular formula is C14H29NO4. The summed E-state index contributed by atoms with van der Waals surface area (Å²) in [5.74, 6) is -0.0632. The molecule has 114 valence electrons. The van der Waals surface area contributed by atoms with Crippen molar-refractivity contribution in [2.75, 3.05) is 39.6 Å². The van der Waals surface area contributed by atoms with Crippen LogP contribution in [0.2, 0.25) is 0 Å². The minimum absolute atomic E-state index is 0.0350. The van der Waals surface area contributed by atoms with Gasteiger partial charge in [-0.05, 0) is 12.8 Å². The Bertz CT molecular complexity index is 212. The zero-order chi connectivity index (χ0) is 14.3. The molecule has 0 saturated carbocycles. The molecule has 0 bridgehead atoms. The number of hydrogen-bond acceptors (Lipinski definition) is 5. The maximum atomic E-state index is 11.7. The number of unbranched alkanes of at least 4 members (excludes halogenated alkanes) is 1. The fourth-order valence-electron chi connectivity index (χ4n) is 1.66. The fraction of sp³-hybridized carbons (Fsp3) is 0.929. The highest BCUT2D eigenvalue weighted by atomic mass is 16.6. The summed E-state index contributed by atoms with van der Waals surface area (Å²) in [7, 11) is 0. The Morgan fingerprint density at radius 1 is 1.05 bits per heavy atom. The third-order valence-corrected chi connectivity index (χ3v) is 2.84. The highest BCUT2D eigenvalue weighted by Crippen LogP contribution is 2.14. The van der Waals surface area contributed by atoms with Gasteiger partial charge < -0.3 is 19.9 Å². The van der Waals surface area contributed by atoms with E-state index in [9.17, 15) is 4.79 Å². The molecule has 0 aromatic carbocycles. The van der Waals surface area contributed by atoms with Gasteiger partial charge in [0.15, 0.2) is 0 Å². The second kappa shape index (κ2) is 13.8. The van der Waals surface area contributed by atoms with E-state index in [0.717, 1.165) is 25.7 Å². The highest BCUT2D eigenvalue weighted by molar-refractivity contribution is 5.72. The van der Waals surface area contributed by atoms with Gasteiger partial charge in [0.2, 0.25) is 0 Å². The second-order valence-electron chi connectivity index (χ2n) is 4.43. The predicted octanol–water partition coefficient (Wildman–Crippen LogP) is 1.74. The van der Waals surface area contributed by atoms with Crippen LogP contribution < -0.4 is 5.73 Å². The van der Waals surface area contributed by atoms with Crippen LogP contribution in [-0.4, -0.2) is 45.5 Å². The maximum Gasteiger partial charge on any atom is 0.308 e. The van der Waals surface area contributed by atoms with E-state index in [1.807, 2.05) is 6.92 Å². The van der Waals surface area contributed by atoms with Crippen LogP contribution in [0.3, 0.4) is 0 Å². The quantitative estimate of drug-likeness (QED) is 0.409. The molecule has 1 unspecified atom stereocenters. The van der Waals surface area contributed by atoms with Crippen LogP contribution in [0.4, 0.5) is 0 Å². The van der Waals surface area contributed by atoms with Crippen molar-refractivity contribution in [1.29, 1.82) is 0 Å². The molecular weight excluding hydrogens is 246 g/mol. The van der Waals surface area contributed by atoms with Crippen LogP contribution in [0.5, 0.6) is 0 Å². The van der Waals surface area contributed by atoms with Gasteiger partial charge in [-0.2, -0.15) is 0 Å². The van der Waals surface area contributed by atoms with Gasteiger partial charge in [0, 0.05) is 6.54 Å². The van der Waals surface area contributed by atoms with Crippen LogP contribution >= 0.6 is 0 Å². The Morgan fingerprint density at radius 3 is 2.26 bits per heavy atom. The summed E-state index contributed by atoms with van der Waals surface area (Å²) in [6.45, 7) is 6.98. The topological polar surface area (TPSA) is 70.8 Å². The Labute approximate surface area is 116 Å². The van der Waals surface area contributed by atoms with Gasteiger partial charge in [-0.3, -0.25) is 4.79 Å². The molecule has 0 heterocycles. The van der Waals surface area contributed by atoms with Gasteiger partial charge in [-0.25, -0.2) is 0 Å². The normalized spacial score (nSPS) is 12.4. The van der Waals surface area contributed by atoms with E-state index in [1.165, 1.54) is 0 Å². The summed E-state index contributed by atoms with van der Waals surface area (Å²) in [6, 6.07) is 0. The SMILES string of the molecule is CCCCC(CC)C(=O)OCCOCCOCCN. The molecule has 0 radical (unpaired) electrons. The van der Waals surface area contributed by atoms with E-state index in [2.05, 4.69) is 6.92 Å². The zero-order valence-electron chi connectivity index (χ0n) is 12.4. The van der Waals surface area contributed by atoms with E-state index in [0.29, 0.717) is 39.6 Å². The lowest BCUT2D eigenvalue weighted by Crippen LogP contribution is -2.20. The number of carbonyl (C=O) groups is 1. The third kappa shape index (κ3) is 10.9. The minimum atomic E-state index is -0.0982. The van der Waals surface area contributed by atoms with Gasteiger partial charge in [0.05, 0.1) is 32.3 Å². The summed E-state index contributed by atoms with van der Waals surface area (Å²) in [6.07, 6.45) is 3.94. The first-order valence-electron chi connectivity index (χ1n) is 7.28. The summed E-state index contributed by atoms with van der Waals surface area (Å²) in [4.78, 5) is 11.7. The number of nitrogens with two attached hydrogens (primary N) is 1. The monoisotopic (exact) mass is 275 g/mol. The lowest BCUT2D eigenvalue weighted by atomic mass is 10.00. The number of carbonyl (C=O) groups excluding carboxylic acids is 1. The molecule has 0 aliphatic carbocycles. The Balaban J connectivity index is 3.45. The number of rotatable bonds is 13. The molecule has 0 fully saturated rings. The Kier molecular flexibility index (Phi) is 13.3. The maximum absolute atomic E-state index is 11.7. The van der Waals surface area contributed by atoms with Gasteiger partial charge in [-0.1, -0.05) is 26.7 Å². The van der Waals surface area contributed by atoms with Crippen molar-refractivity contribution < 1.29 is 19.0 Å². The van der Waals surface area contributed by atoms with Crippen molar-refractivity contribution in [2.24, 2.45) is 11.7 Å². The average Bonchev–Trinajstić information content (AvgIpc) is 2.42. The molecule has 0 aromatic rings. The van der Waals surface area contributed by atoms with Crippen molar-refractivity contribution in [1.82, 2.24) is 0 Å². The van der Waals surface area contributed by atoms with Crippen LogP contribution in [0.15, 0.2) is 0 Å². The molecule has 0 aliphatic rings. The molecule has 5 nitrogen and oxygen atoms in total. The van der Waals surface area contributed by atoms with Crippen molar-refractivity contribution in [3.05, 3.63) is 0 Å². The smallest absolute Gasteiger partial charge is 0.308 e. The molecule has 0 amide bonds. The molecule has 0 aromatic heterocycles. The molecule has 0 spiro atoms. The molecule has 0 aliphatic heterocycles. The zero-order valence-corrected chi connectivity index (χ0v) is 12.4. The van der Waals surface area contributed by atoms with Crippen molar-refractivity contribution >= 4 is 5.97 Å². The summed E-state index contributed by atoms with van der Waals surface area (Å²) >= 11 is 0. The van der Waals surface area contributed by atoms with Crippen LogP contribution in [0, 0.1) is 5.92 Å². The minimum Gasteiger partial charge on any atom is -0.463 e. The van der Waals surface area contributed by atoms with E-state index >= 15 is 0 Å². The lowest BCUT2D eigenvalue weighted by molar-refractivity contribution is -0.150. The third-order valence-electron chi connectivity index (χ3n) is 2.84. The number of hydrogen-bond donors (Lipinski definition) is 1. The largest absolute Gasteiger partial charge is 0.463 e. The standard InChI is InChI=1S/C14H29NO4/c1-3-5-6-13(4-2)14(16)19-12-11-18-10-9-17-8-7-15/h13H,3-12,15H2,1-2H3. The van der Waals surface area contributed by atoms with E-state index in [1.54, 1.807) is 0 Å². The summed E-state index contributed by atoms with van der Waals surface area (Å²) < 4.78 is 15.6. The predicted molar refractivity (Wildman–Crippen MR) is 75.0 cm³/mol. The fourth-order valence-corrected chi connectivity index (χ4v) is 1.66. The van der Waals surface area contributed by atoms with Gasteiger partial charge in [-0.15, -0.1) is 0 Å². The van der Waals surface area contributed by atoms with Crippen molar-refractivity contribution in [3.63, 3.8) is 0 Å². The van der Waals surface area contributed by atoms with Gasteiger partial charge in [0.25, 0.3) is 0 Å². The number of esters is 1. The summed E-state index contributed by atoms with van der Waals surface area (Å²) in [5, 5.41) is 0. The molecule has 5 heteroatoms. The van der Waals surface area contributed by atoms with E-state index in [-0.39, 0.29) is 11.9 Å². The van der Waals surface area contributed by atoms with E-state index in [4.69, 9.17) is 19.9 Å². The van der Waals surface area contributed by atoms with E-state index < -0.39 is 0 Å². The first-order chi connectivity index (χ1) is 9.26. The van der Waals surface area contributed by atoms with Gasteiger partial charge >= 0.3 is 5.97 Å². The Morgan fingerprint density at radius 2 is 1.68 bits per heavy atom.